The highest BCUT2D eigenvalue weighted by Crippen LogP contribution is 2.33. The van der Waals surface area contributed by atoms with E-state index >= 15 is 0 Å². The van der Waals surface area contributed by atoms with Gasteiger partial charge < -0.3 is 0 Å². The standard InChI is InChI=1S/C11H15BrN2O/c1-7-9(6-14(2)13-7)5-10(12)11(15)8-3-4-8/h6,8,10H,3-5H2,1-2H3. The molecule has 4 heteroatoms. The Balaban J connectivity index is 2.01. The Labute approximate surface area is 98.0 Å². The molecule has 1 fully saturated rings. The van der Waals surface area contributed by atoms with Crippen LogP contribution in [0, 0.1) is 12.8 Å². The largest absolute Gasteiger partial charge is 0.298 e. The number of aromatic nitrogens is 2. The average Bonchev–Trinajstić information content (AvgIpc) is 2.94. The number of nitrogens with zero attached hydrogens (tertiary/aromatic N) is 2. The number of carbonyl (C=O) groups excluding carboxylic acids is 1. The number of alkyl halides is 1. The third kappa shape index (κ3) is 2.48. The van der Waals surface area contributed by atoms with E-state index in [0.717, 1.165) is 30.5 Å². The van der Waals surface area contributed by atoms with Gasteiger partial charge in [0, 0.05) is 19.2 Å². The number of rotatable bonds is 4. The summed E-state index contributed by atoms with van der Waals surface area (Å²) in [5, 5.41) is 4.27. The smallest absolute Gasteiger partial charge is 0.149 e. The molecule has 82 valence electrons. The van der Waals surface area contributed by atoms with Gasteiger partial charge in [0.15, 0.2) is 0 Å². The third-order valence-electron chi connectivity index (χ3n) is 2.80. The first-order valence-electron chi connectivity index (χ1n) is 5.25. The van der Waals surface area contributed by atoms with E-state index in [4.69, 9.17) is 0 Å². The molecule has 0 bridgehead atoms. The van der Waals surface area contributed by atoms with Gasteiger partial charge in [0.05, 0.1) is 10.5 Å². The van der Waals surface area contributed by atoms with Crippen LogP contribution in [0.2, 0.25) is 0 Å². The molecule has 1 aromatic heterocycles. The second kappa shape index (κ2) is 4.08. The Bertz CT molecular complexity index is 382. The van der Waals surface area contributed by atoms with E-state index in [-0.39, 0.29) is 4.83 Å². The molecule has 1 heterocycles. The predicted octanol–water partition coefficient (Wildman–Crippen LogP) is 2.01. The van der Waals surface area contributed by atoms with Gasteiger partial charge in [-0.05, 0) is 31.7 Å². The van der Waals surface area contributed by atoms with Crippen molar-refractivity contribution in [3.05, 3.63) is 17.5 Å². The number of ketones is 1. The Morgan fingerprint density at radius 1 is 1.73 bits per heavy atom. The van der Waals surface area contributed by atoms with Gasteiger partial charge in [-0.15, -0.1) is 0 Å². The van der Waals surface area contributed by atoms with E-state index in [1.807, 2.05) is 20.2 Å². The summed E-state index contributed by atoms with van der Waals surface area (Å²) in [5.41, 5.74) is 2.18. The van der Waals surface area contributed by atoms with Gasteiger partial charge in [0.1, 0.15) is 5.78 Å². The Kier molecular flexibility index (Phi) is 2.96. The molecule has 0 spiro atoms. The molecule has 0 aromatic carbocycles. The summed E-state index contributed by atoms with van der Waals surface area (Å²) in [6, 6.07) is 0. The molecule has 1 aliphatic rings. The van der Waals surface area contributed by atoms with Crippen LogP contribution in [-0.4, -0.2) is 20.4 Å². The highest BCUT2D eigenvalue weighted by molar-refractivity contribution is 9.10. The van der Waals surface area contributed by atoms with Gasteiger partial charge in [0.25, 0.3) is 0 Å². The van der Waals surface area contributed by atoms with Crippen LogP contribution < -0.4 is 0 Å². The van der Waals surface area contributed by atoms with Crippen LogP contribution in [0.3, 0.4) is 0 Å². The van der Waals surface area contributed by atoms with Crippen molar-refractivity contribution in [1.29, 1.82) is 0 Å². The fourth-order valence-electron chi connectivity index (χ4n) is 1.77. The molecule has 0 amide bonds. The fraction of sp³-hybridized carbons (Fsp3) is 0.636. The van der Waals surface area contributed by atoms with Crippen LogP contribution in [0.15, 0.2) is 6.20 Å². The summed E-state index contributed by atoms with van der Waals surface area (Å²) in [6.45, 7) is 1.98. The van der Waals surface area contributed by atoms with Crippen molar-refractivity contribution in [3.8, 4) is 0 Å². The van der Waals surface area contributed by atoms with Gasteiger partial charge in [0.2, 0.25) is 0 Å². The number of aryl methyl sites for hydroxylation is 2. The molecule has 0 radical (unpaired) electrons. The summed E-state index contributed by atoms with van der Waals surface area (Å²) in [6.07, 6.45) is 4.90. The Morgan fingerprint density at radius 2 is 2.40 bits per heavy atom. The van der Waals surface area contributed by atoms with Crippen molar-refractivity contribution in [3.63, 3.8) is 0 Å². The van der Waals surface area contributed by atoms with E-state index in [1.165, 1.54) is 0 Å². The van der Waals surface area contributed by atoms with Crippen LogP contribution in [0.5, 0.6) is 0 Å². The summed E-state index contributed by atoms with van der Waals surface area (Å²) in [5.74, 6) is 0.685. The first kappa shape index (κ1) is 10.9. The van der Waals surface area contributed by atoms with Gasteiger partial charge >= 0.3 is 0 Å². The maximum absolute atomic E-state index is 11.8. The summed E-state index contributed by atoms with van der Waals surface area (Å²) in [7, 11) is 1.91. The minimum Gasteiger partial charge on any atom is -0.298 e. The molecule has 1 saturated carbocycles. The first-order chi connectivity index (χ1) is 7.08. The summed E-state index contributed by atoms with van der Waals surface area (Å²) < 4.78 is 1.80. The predicted molar refractivity (Wildman–Crippen MR) is 62.1 cm³/mol. The van der Waals surface area contributed by atoms with Gasteiger partial charge in [-0.3, -0.25) is 9.48 Å². The summed E-state index contributed by atoms with van der Waals surface area (Å²) >= 11 is 3.48. The fourth-order valence-corrected chi connectivity index (χ4v) is 2.49. The molecule has 0 N–H and O–H groups in total. The third-order valence-corrected chi connectivity index (χ3v) is 3.58. The Morgan fingerprint density at radius 3 is 2.87 bits per heavy atom. The second-order valence-electron chi connectivity index (χ2n) is 4.26. The molecule has 1 unspecified atom stereocenters. The SMILES string of the molecule is Cc1nn(C)cc1CC(Br)C(=O)C1CC1. The van der Waals surface area contributed by atoms with E-state index in [9.17, 15) is 4.79 Å². The van der Waals surface area contributed by atoms with E-state index in [0.29, 0.717) is 11.7 Å². The maximum atomic E-state index is 11.8. The maximum Gasteiger partial charge on any atom is 0.149 e. The normalized spacial score (nSPS) is 17.8. The Hall–Kier alpha value is -0.640. The number of hydrogen-bond acceptors (Lipinski definition) is 2. The second-order valence-corrected chi connectivity index (χ2v) is 5.37. The number of carbonyl (C=O) groups is 1. The highest BCUT2D eigenvalue weighted by atomic mass is 79.9. The lowest BCUT2D eigenvalue weighted by atomic mass is 10.1. The lowest BCUT2D eigenvalue weighted by Crippen LogP contribution is -2.18. The monoisotopic (exact) mass is 270 g/mol. The van der Waals surface area contributed by atoms with Crippen molar-refractivity contribution in [2.24, 2.45) is 13.0 Å². The molecule has 3 nitrogen and oxygen atoms in total. The first-order valence-corrected chi connectivity index (χ1v) is 6.16. The highest BCUT2D eigenvalue weighted by Gasteiger charge is 2.33. The molecular weight excluding hydrogens is 256 g/mol. The molecule has 1 aromatic rings. The van der Waals surface area contributed by atoms with Crippen LogP contribution in [0.4, 0.5) is 0 Å². The van der Waals surface area contributed by atoms with Gasteiger partial charge in [-0.2, -0.15) is 5.10 Å². The van der Waals surface area contributed by atoms with Crippen molar-refractivity contribution in [1.82, 2.24) is 9.78 Å². The number of hydrogen-bond donors (Lipinski definition) is 0. The average molecular weight is 271 g/mol. The quantitative estimate of drug-likeness (QED) is 0.785. The van der Waals surface area contributed by atoms with E-state index < -0.39 is 0 Å². The van der Waals surface area contributed by atoms with Crippen LogP contribution >= 0.6 is 15.9 Å². The zero-order valence-corrected chi connectivity index (χ0v) is 10.6. The molecule has 1 aliphatic carbocycles. The van der Waals surface area contributed by atoms with Crippen molar-refractivity contribution in [2.75, 3.05) is 0 Å². The molecule has 0 aliphatic heterocycles. The zero-order chi connectivity index (χ0) is 11.0. The number of halogens is 1. The molecule has 2 rings (SSSR count). The topological polar surface area (TPSA) is 34.9 Å². The van der Waals surface area contributed by atoms with Crippen LogP contribution in [0.25, 0.3) is 0 Å². The van der Waals surface area contributed by atoms with Crippen molar-refractivity contribution in [2.45, 2.75) is 31.0 Å². The van der Waals surface area contributed by atoms with E-state index in [1.54, 1.807) is 4.68 Å². The van der Waals surface area contributed by atoms with Crippen LogP contribution in [-0.2, 0) is 18.3 Å². The minimum absolute atomic E-state index is 0.0344. The zero-order valence-electron chi connectivity index (χ0n) is 9.03. The molecule has 1 atom stereocenters. The summed E-state index contributed by atoms with van der Waals surface area (Å²) in [4.78, 5) is 11.7. The molecular formula is C11H15BrN2O. The van der Waals surface area contributed by atoms with Gasteiger partial charge in [-0.25, -0.2) is 0 Å². The van der Waals surface area contributed by atoms with Crippen LogP contribution in [0.1, 0.15) is 24.1 Å². The van der Waals surface area contributed by atoms with Gasteiger partial charge in [-0.1, -0.05) is 15.9 Å². The lowest BCUT2D eigenvalue weighted by molar-refractivity contribution is -0.119. The van der Waals surface area contributed by atoms with E-state index in [2.05, 4.69) is 21.0 Å². The minimum atomic E-state index is -0.0344. The molecule has 15 heavy (non-hydrogen) atoms. The van der Waals surface area contributed by atoms with Crippen molar-refractivity contribution < 1.29 is 4.79 Å². The van der Waals surface area contributed by atoms with Crippen molar-refractivity contribution >= 4 is 21.7 Å². The molecule has 0 saturated heterocycles. The lowest BCUT2D eigenvalue weighted by Gasteiger charge is -2.06. The number of Topliss-reactive ketones (excluding diaryl/α,β-unsaturated/α-hetero) is 1.